The molecule has 0 unspecified atom stereocenters. The second-order valence-electron chi connectivity index (χ2n) is 8.51. The second kappa shape index (κ2) is 9.73. The number of nitrogens with zero attached hydrogens (tertiary/aromatic N) is 3. The molecule has 0 atom stereocenters. The van der Waals surface area contributed by atoms with Crippen molar-refractivity contribution in [3.05, 3.63) is 82.6 Å². The third-order valence-corrected chi connectivity index (χ3v) is 6.81. The van der Waals surface area contributed by atoms with Gasteiger partial charge in [-0.25, -0.2) is 4.68 Å². The van der Waals surface area contributed by atoms with Gasteiger partial charge in [0.15, 0.2) is 0 Å². The van der Waals surface area contributed by atoms with Gasteiger partial charge in [0, 0.05) is 19.2 Å². The summed E-state index contributed by atoms with van der Waals surface area (Å²) in [6.45, 7) is 1.17. The Morgan fingerprint density at radius 2 is 1.79 bits per heavy atom. The Bertz CT molecular complexity index is 1250. The Morgan fingerprint density at radius 3 is 2.44 bits per heavy atom. The Labute approximate surface area is 203 Å². The molecule has 2 aromatic heterocycles. The normalized spacial score (nSPS) is 13.0. The minimum atomic E-state index is 0.0557. The molecule has 1 saturated carbocycles. The van der Waals surface area contributed by atoms with Crippen molar-refractivity contribution in [2.75, 3.05) is 13.7 Å². The molecule has 1 fully saturated rings. The van der Waals surface area contributed by atoms with E-state index in [9.17, 15) is 4.79 Å². The fourth-order valence-electron chi connectivity index (χ4n) is 3.98. The SMILES string of the molecule is COc1ccc(Oc2c(CN(CC3CC3)C(=O)c3cccs3)c(-c3ccccc3)nn2C)cc1. The van der Waals surface area contributed by atoms with E-state index in [4.69, 9.17) is 14.6 Å². The Kier molecular flexibility index (Phi) is 6.36. The van der Waals surface area contributed by atoms with Crippen LogP contribution >= 0.6 is 11.3 Å². The number of aromatic nitrogens is 2. The summed E-state index contributed by atoms with van der Waals surface area (Å²) in [5.74, 6) is 2.69. The van der Waals surface area contributed by atoms with E-state index in [-0.39, 0.29) is 5.91 Å². The van der Waals surface area contributed by atoms with Gasteiger partial charge in [-0.1, -0.05) is 36.4 Å². The van der Waals surface area contributed by atoms with Gasteiger partial charge in [-0.2, -0.15) is 5.10 Å². The number of carbonyl (C=O) groups is 1. The lowest BCUT2D eigenvalue weighted by Gasteiger charge is -2.23. The molecule has 7 heteroatoms. The van der Waals surface area contributed by atoms with Crippen molar-refractivity contribution in [1.29, 1.82) is 0 Å². The predicted molar refractivity (Wildman–Crippen MR) is 133 cm³/mol. The fraction of sp³-hybridized carbons (Fsp3) is 0.259. The quantitative estimate of drug-likeness (QED) is 0.299. The maximum absolute atomic E-state index is 13.4. The van der Waals surface area contributed by atoms with Gasteiger partial charge >= 0.3 is 0 Å². The van der Waals surface area contributed by atoms with Gasteiger partial charge in [-0.05, 0) is 54.5 Å². The number of rotatable bonds is 9. The van der Waals surface area contributed by atoms with Gasteiger partial charge in [-0.15, -0.1) is 11.3 Å². The Morgan fingerprint density at radius 1 is 1.06 bits per heavy atom. The van der Waals surface area contributed by atoms with E-state index in [1.807, 2.05) is 84.1 Å². The van der Waals surface area contributed by atoms with E-state index >= 15 is 0 Å². The standard InChI is InChI=1S/C27H27N3O3S/c1-29-27(33-22-14-12-21(32-2)13-15-22)23(25(28-29)20-7-4-3-5-8-20)18-30(17-19-10-11-19)26(31)24-9-6-16-34-24/h3-9,12-16,19H,10-11,17-18H2,1-2H3. The summed E-state index contributed by atoms with van der Waals surface area (Å²) in [7, 11) is 3.52. The van der Waals surface area contributed by atoms with Crippen molar-refractivity contribution in [3.8, 4) is 28.6 Å². The summed E-state index contributed by atoms with van der Waals surface area (Å²) in [5.41, 5.74) is 2.72. The molecule has 1 aliphatic rings. The lowest BCUT2D eigenvalue weighted by molar-refractivity contribution is 0.0739. The van der Waals surface area contributed by atoms with Crippen LogP contribution in [0.15, 0.2) is 72.1 Å². The van der Waals surface area contributed by atoms with Crippen LogP contribution in [0.3, 0.4) is 0 Å². The van der Waals surface area contributed by atoms with Crippen molar-refractivity contribution in [1.82, 2.24) is 14.7 Å². The summed E-state index contributed by atoms with van der Waals surface area (Å²) >= 11 is 1.48. The van der Waals surface area contributed by atoms with Gasteiger partial charge in [0.25, 0.3) is 5.91 Å². The first kappa shape index (κ1) is 22.2. The molecular formula is C27H27N3O3S. The molecule has 0 N–H and O–H groups in total. The third kappa shape index (κ3) is 4.84. The zero-order valence-corrected chi connectivity index (χ0v) is 20.1. The number of thiophene rings is 1. The van der Waals surface area contributed by atoms with Gasteiger partial charge in [0.05, 0.1) is 24.1 Å². The average Bonchev–Trinajstić information content (AvgIpc) is 3.41. The fourth-order valence-corrected chi connectivity index (χ4v) is 4.68. The van der Waals surface area contributed by atoms with Crippen LogP contribution in [0, 0.1) is 5.92 Å². The molecule has 2 aromatic carbocycles. The van der Waals surface area contributed by atoms with Gasteiger partial charge in [0.2, 0.25) is 5.88 Å². The van der Waals surface area contributed by atoms with Crippen LogP contribution in [0.2, 0.25) is 0 Å². The number of methoxy groups -OCH3 is 1. The molecule has 2 heterocycles. The van der Waals surface area contributed by atoms with Crippen molar-refractivity contribution in [2.45, 2.75) is 19.4 Å². The second-order valence-corrected chi connectivity index (χ2v) is 9.45. The summed E-state index contributed by atoms with van der Waals surface area (Å²) < 4.78 is 13.4. The number of benzene rings is 2. The number of aryl methyl sites for hydroxylation is 1. The smallest absolute Gasteiger partial charge is 0.264 e. The first-order chi connectivity index (χ1) is 16.6. The van der Waals surface area contributed by atoms with E-state index in [2.05, 4.69) is 0 Å². The summed E-state index contributed by atoms with van der Waals surface area (Å²) in [6.07, 6.45) is 2.34. The first-order valence-electron chi connectivity index (χ1n) is 11.4. The molecule has 174 valence electrons. The lowest BCUT2D eigenvalue weighted by atomic mass is 10.1. The maximum atomic E-state index is 13.4. The highest BCUT2D eigenvalue weighted by Crippen LogP contribution is 2.37. The van der Waals surface area contributed by atoms with Crippen molar-refractivity contribution < 1.29 is 14.3 Å². The van der Waals surface area contributed by atoms with Crippen LogP contribution in [0.5, 0.6) is 17.4 Å². The van der Waals surface area contributed by atoms with E-state index in [1.54, 1.807) is 11.8 Å². The van der Waals surface area contributed by atoms with Gasteiger partial charge < -0.3 is 14.4 Å². The van der Waals surface area contributed by atoms with Crippen molar-refractivity contribution in [3.63, 3.8) is 0 Å². The molecule has 5 rings (SSSR count). The van der Waals surface area contributed by atoms with E-state index in [0.29, 0.717) is 24.1 Å². The molecule has 0 saturated heterocycles. The van der Waals surface area contributed by atoms with Crippen LogP contribution in [-0.4, -0.2) is 34.2 Å². The number of hydrogen-bond acceptors (Lipinski definition) is 5. The lowest BCUT2D eigenvalue weighted by Crippen LogP contribution is -2.32. The van der Waals surface area contributed by atoms with E-state index < -0.39 is 0 Å². The van der Waals surface area contributed by atoms with Crippen LogP contribution in [0.1, 0.15) is 28.1 Å². The zero-order chi connectivity index (χ0) is 23.5. The predicted octanol–water partition coefficient (Wildman–Crippen LogP) is 6.00. The van der Waals surface area contributed by atoms with Gasteiger partial charge in [0.1, 0.15) is 17.2 Å². The molecular weight excluding hydrogens is 446 g/mol. The van der Waals surface area contributed by atoms with Crippen LogP contribution in [0.4, 0.5) is 0 Å². The third-order valence-electron chi connectivity index (χ3n) is 5.95. The molecule has 0 spiro atoms. The minimum absolute atomic E-state index is 0.0557. The highest BCUT2D eigenvalue weighted by molar-refractivity contribution is 7.12. The van der Waals surface area contributed by atoms with Gasteiger partial charge in [-0.3, -0.25) is 4.79 Å². The summed E-state index contributed by atoms with van der Waals surface area (Å²) in [5, 5.41) is 6.76. The number of ether oxygens (including phenoxy) is 2. The van der Waals surface area contributed by atoms with Crippen LogP contribution < -0.4 is 9.47 Å². The Hall–Kier alpha value is -3.58. The molecule has 1 aliphatic carbocycles. The first-order valence-corrected chi connectivity index (χ1v) is 12.3. The number of amides is 1. The molecule has 0 aliphatic heterocycles. The Balaban J connectivity index is 1.53. The molecule has 1 amide bonds. The molecule has 6 nitrogen and oxygen atoms in total. The zero-order valence-electron chi connectivity index (χ0n) is 19.3. The van der Waals surface area contributed by atoms with Crippen LogP contribution in [0.25, 0.3) is 11.3 Å². The van der Waals surface area contributed by atoms with E-state index in [1.165, 1.54) is 24.2 Å². The topological polar surface area (TPSA) is 56.6 Å². The molecule has 34 heavy (non-hydrogen) atoms. The largest absolute Gasteiger partial charge is 0.497 e. The summed E-state index contributed by atoms with van der Waals surface area (Å²) in [6, 6.07) is 21.3. The van der Waals surface area contributed by atoms with Crippen molar-refractivity contribution >= 4 is 17.2 Å². The van der Waals surface area contributed by atoms with Crippen LogP contribution in [-0.2, 0) is 13.6 Å². The number of hydrogen-bond donors (Lipinski definition) is 0. The highest BCUT2D eigenvalue weighted by atomic mass is 32.1. The monoisotopic (exact) mass is 473 g/mol. The van der Waals surface area contributed by atoms with Crippen molar-refractivity contribution in [2.24, 2.45) is 13.0 Å². The molecule has 4 aromatic rings. The molecule has 0 bridgehead atoms. The van der Waals surface area contributed by atoms with E-state index in [0.717, 1.165) is 34.0 Å². The maximum Gasteiger partial charge on any atom is 0.264 e. The minimum Gasteiger partial charge on any atom is -0.497 e. The molecule has 0 radical (unpaired) electrons. The average molecular weight is 474 g/mol. The number of carbonyl (C=O) groups excluding carboxylic acids is 1. The summed E-state index contributed by atoms with van der Waals surface area (Å²) in [4.78, 5) is 16.1. The highest BCUT2D eigenvalue weighted by Gasteiger charge is 2.30.